The Morgan fingerprint density at radius 1 is 1.31 bits per heavy atom. The molecule has 0 aromatic carbocycles. The van der Waals surface area contributed by atoms with Gasteiger partial charge >= 0.3 is 0 Å². The van der Waals surface area contributed by atoms with Crippen LogP contribution in [0.1, 0.15) is 56.6 Å². The Morgan fingerprint density at radius 2 is 2.12 bits per heavy atom. The zero-order chi connectivity index (χ0) is 11.1. The fraction of sp³-hybridized carbons (Fsp3) is 0.769. The summed E-state index contributed by atoms with van der Waals surface area (Å²) in [4.78, 5) is 0. The van der Waals surface area contributed by atoms with Gasteiger partial charge in [0.2, 0.25) is 0 Å². The molecule has 3 atom stereocenters. The highest BCUT2D eigenvalue weighted by Gasteiger charge is 2.30. The van der Waals surface area contributed by atoms with Gasteiger partial charge < -0.3 is 5.11 Å². The SMILES string of the molecule is CC1CCC(O)CC1n1cc(C2CC2)cn1. The minimum Gasteiger partial charge on any atom is -0.393 e. The summed E-state index contributed by atoms with van der Waals surface area (Å²) in [5, 5.41) is 14.2. The van der Waals surface area contributed by atoms with Crippen LogP contribution in [0.25, 0.3) is 0 Å². The minimum absolute atomic E-state index is 0.130. The zero-order valence-electron chi connectivity index (χ0n) is 9.84. The van der Waals surface area contributed by atoms with Gasteiger partial charge in [-0.25, -0.2) is 0 Å². The quantitative estimate of drug-likeness (QED) is 0.831. The van der Waals surface area contributed by atoms with E-state index in [2.05, 4.69) is 22.9 Å². The first kappa shape index (κ1) is 10.3. The highest BCUT2D eigenvalue weighted by Crippen LogP contribution is 2.41. The summed E-state index contributed by atoms with van der Waals surface area (Å²) in [6.45, 7) is 2.27. The first-order chi connectivity index (χ1) is 7.74. The third-order valence-corrected chi connectivity index (χ3v) is 4.14. The molecule has 1 aromatic heterocycles. The molecule has 16 heavy (non-hydrogen) atoms. The maximum atomic E-state index is 9.75. The molecule has 1 N–H and O–H groups in total. The van der Waals surface area contributed by atoms with Crippen molar-refractivity contribution < 1.29 is 5.11 Å². The van der Waals surface area contributed by atoms with Gasteiger partial charge in [0, 0.05) is 6.20 Å². The van der Waals surface area contributed by atoms with E-state index < -0.39 is 0 Å². The molecule has 88 valence electrons. The van der Waals surface area contributed by atoms with Crippen LogP contribution in [0.5, 0.6) is 0 Å². The maximum absolute atomic E-state index is 9.75. The average Bonchev–Trinajstić information content (AvgIpc) is 3.01. The molecule has 0 bridgehead atoms. The minimum atomic E-state index is -0.130. The zero-order valence-corrected chi connectivity index (χ0v) is 9.84. The molecule has 3 unspecified atom stereocenters. The lowest BCUT2D eigenvalue weighted by Gasteiger charge is -2.32. The number of nitrogens with zero attached hydrogens (tertiary/aromatic N) is 2. The van der Waals surface area contributed by atoms with Crippen LogP contribution in [0, 0.1) is 5.92 Å². The van der Waals surface area contributed by atoms with Gasteiger partial charge in [-0.15, -0.1) is 0 Å². The highest BCUT2D eigenvalue weighted by molar-refractivity contribution is 5.17. The van der Waals surface area contributed by atoms with Crippen LogP contribution in [0.4, 0.5) is 0 Å². The highest BCUT2D eigenvalue weighted by atomic mass is 16.3. The lowest BCUT2D eigenvalue weighted by molar-refractivity contribution is 0.0735. The van der Waals surface area contributed by atoms with Crippen LogP contribution >= 0.6 is 0 Å². The second-order valence-electron chi connectivity index (χ2n) is 5.54. The monoisotopic (exact) mass is 220 g/mol. The van der Waals surface area contributed by atoms with E-state index in [1.807, 2.05) is 6.20 Å². The van der Waals surface area contributed by atoms with Crippen molar-refractivity contribution in [2.75, 3.05) is 0 Å². The van der Waals surface area contributed by atoms with E-state index in [1.165, 1.54) is 18.4 Å². The van der Waals surface area contributed by atoms with Crippen LogP contribution in [-0.4, -0.2) is 21.0 Å². The molecule has 2 fully saturated rings. The molecule has 3 rings (SSSR count). The second-order valence-corrected chi connectivity index (χ2v) is 5.54. The predicted molar refractivity (Wildman–Crippen MR) is 62.3 cm³/mol. The number of hydrogen-bond donors (Lipinski definition) is 1. The van der Waals surface area contributed by atoms with Crippen molar-refractivity contribution in [3.8, 4) is 0 Å². The second kappa shape index (κ2) is 3.88. The van der Waals surface area contributed by atoms with Crippen LogP contribution in [0.3, 0.4) is 0 Å². The molecule has 0 radical (unpaired) electrons. The number of aliphatic hydroxyl groups is 1. The van der Waals surface area contributed by atoms with Gasteiger partial charge in [0.25, 0.3) is 0 Å². The molecule has 0 spiro atoms. The van der Waals surface area contributed by atoms with E-state index in [1.54, 1.807) is 0 Å². The third-order valence-electron chi connectivity index (χ3n) is 4.14. The largest absolute Gasteiger partial charge is 0.393 e. The Balaban J connectivity index is 1.78. The standard InChI is InChI=1S/C13H20N2O/c1-9-2-5-12(16)6-13(9)15-8-11(7-14-15)10-3-4-10/h7-10,12-13,16H,2-6H2,1H3. The normalized spacial score (nSPS) is 35.2. The summed E-state index contributed by atoms with van der Waals surface area (Å²) in [6.07, 6.45) is 9.69. The molecule has 1 aromatic rings. The molecule has 1 heterocycles. The number of aromatic nitrogens is 2. The van der Waals surface area contributed by atoms with Gasteiger partial charge in [0.15, 0.2) is 0 Å². The number of hydrogen-bond acceptors (Lipinski definition) is 2. The number of aliphatic hydroxyl groups excluding tert-OH is 1. The van der Waals surface area contributed by atoms with Crippen LogP contribution in [0.15, 0.2) is 12.4 Å². The first-order valence-electron chi connectivity index (χ1n) is 6.46. The van der Waals surface area contributed by atoms with Crippen molar-refractivity contribution in [1.29, 1.82) is 0 Å². The summed E-state index contributed by atoms with van der Waals surface area (Å²) >= 11 is 0. The topological polar surface area (TPSA) is 38.0 Å². The smallest absolute Gasteiger partial charge is 0.0569 e. The van der Waals surface area contributed by atoms with Gasteiger partial charge in [-0.2, -0.15) is 5.10 Å². The lowest BCUT2D eigenvalue weighted by atomic mass is 9.84. The summed E-state index contributed by atoms with van der Waals surface area (Å²) < 4.78 is 2.10. The maximum Gasteiger partial charge on any atom is 0.0569 e. The van der Waals surface area contributed by atoms with Gasteiger partial charge in [-0.3, -0.25) is 4.68 Å². The van der Waals surface area contributed by atoms with Gasteiger partial charge in [0.1, 0.15) is 0 Å². The fourth-order valence-electron chi connectivity index (χ4n) is 2.81. The van der Waals surface area contributed by atoms with E-state index >= 15 is 0 Å². The van der Waals surface area contributed by atoms with E-state index in [4.69, 9.17) is 0 Å². The molecule has 0 aliphatic heterocycles. The van der Waals surface area contributed by atoms with E-state index in [9.17, 15) is 5.11 Å². The van der Waals surface area contributed by atoms with Crippen molar-refractivity contribution >= 4 is 0 Å². The molecule has 3 heteroatoms. The molecule has 2 aliphatic rings. The van der Waals surface area contributed by atoms with Crippen molar-refractivity contribution in [3.05, 3.63) is 18.0 Å². The molecule has 0 saturated heterocycles. The van der Waals surface area contributed by atoms with Crippen LogP contribution in [0.2, 0.25) is 0 Å². The molecule has 3 nitrogen and oxygen atoms in total. The van der Waals surface area contributed by atoms with Crippen molar-refractivity contribution in [1.82, 2.24) is 9.78 Å². The molecule has 2 aliphatic carbocycles. The van der Waals surface area contributed by atoms with Gasteiger partial charge in [-0.1, -0.05) is 6.92 Å². The molecule has 2 saturated carbocycles. The lowest BCUT2D eigenvalue weighted by Crippen LogP contribution is -2.28. The van der Waals surface area contributed by atoms with Gasteiger partial charge in [-0.05, 0) is 49.5 Å². The van der Waals surface area contributed by atoms with Crippen molar-refractivity contribution in [3.63, 3.8) is 0 Å². The van der Waals surface area contributed by atoms with Crippen molar-refractivity contribution in [2.24, 2.45) is 5.92 Å². The predicted octanol–water partition coefficient (Wildman–Crippen LogP) is 2.48. The Hall–Kier alpha value is -0.830. The number of rotatable bonds is 2. The van der Waals surface area contributed by atoms with E-state index in [-0.39, 0.29) is 6.10 Å². The Labute approximate surface area is 96.5 Å². The van der Waals surface area contributed by atoms with Crippen LogP contribution < -0.4 is 0 Å². The van der Waals surface area contributed by atoms with Crippen LogP contribution in [-0.2, 0) is 0 Å². The third kappa shape index (κ3) is 1.88. The average molecular weight is 220 g/mol. The van der Waals surface area contributed by atoms with E-state index in [0.717, 1.165) is 25.2 Å². The van der Waals surface area contributed by atoms with Gasteiger partial charge in [0.05, 0.1) is 18.3 Å². The Kier molecular flexibility index (Phi) is 2.51. The Morgan fingerprint density at radius 3 is 2.88 bits per heavy atom. The van der Waals surface area contributed by atoms with Crippen molar-refractivity contribution in [2.45, 2.75) is 57.1 Å². The summed E-state index contributed by atoms with van der Waals surface area (Å²) in [6, 6.07) is 0.399. The summed E-state index contributed by atoms with van der Waals surface area (Å²) in [5.41, 5.74) is 1.40. The molecular formula is C13H20N2O. The first-order valence-corrected chi connectivity index (χ1v) is 6.46. The Bertz CT molecular complexity index is 370. The molecular weight excluding hydrogens is 200 g/mol. The fourth-order valence-corrected chi connectivity index (χ4v) is 2.81. The summed E-state index contributed by atoms with van der Waals surface area (Å²) in [7, 11) is 0. The molecule has 0 amide bonds. The summed E-state index contributed by atoms with van der Waals surface area (Å²) in [5.74, 6) is 1.41. The van der Waals surface area contributed by atoms with E-state index in [0.29, 0.717) is 12.0 Å².